The van der Waals surface area contributed by atoms with Gasteiger partial charge in [0.05, 0.1) is 4.92 Å². The Balaban J connectivity index is 1.73. The van der Waals surface area contributed by atoms with Gasteiger partial charge in [-0.25, -0.2) is 4.98 Å². The third-order valence-electron chi connectivity index (χ3n) is 3.93. The lowest BCUT2D eigenvalue weighted by Gasteiger charge is -2.32. The first kappa shape index (κ1) is 13.5. The summed E-state index contributed by atoms with van der Waals surface area (Å²) in [6.07, 6.45) is 7.17. The van der Waals surface area contributed by atoms with E-state index in [-0.39, 0.29) is 10.6 Å². The summed E-state index contributed by atoms with van der Waals surface area (Å²) >= 11 is 0. The van der Waals surface area contributed by atoms with Crippen LogP contribution in [-0.2, 0) is 0 Å². The Morgan fingerprint density at radius 1 is 1.14 bits per heavy atom. The minimum atomic E-state index is -0.364. The number of pyridine rings is 2. The van der Waals surface area contributed by atoms with Crippen molar-refractivity contribution in [2.45, 2.75) is 18.8 Å². The van der Waals surface area contributed by atoms with Gasteiger partial charge in [0.25, 0.3) is 0 Å². The molecule has 6 heteroatoms. The molecule has 0 saturated carbocycles. The predicted molar refractivity (Wildman–Crippen MR) is 79.3 cm³/mol. The van der Waals surface area contributed by atoms with Crippen LogP contribution in [0.15, 0.2) is 42.9 Å². The van der Waals surface area contributed by atoms with E-state index in [4.69, 9.17) is 0 Å². The summed E-state index contributed by atoms with van der Waals surface area (Å²) in [6.45, 7) is 1.57. The molecule has 0 N–H and O–H groups in total. The summed E-state index contributed by atoms with van der Waals surface area (Å²) in [5.41, 5.74) is 1.38. The van der Waals surface area contributed by atoms with Crippen LogP contribution in [0.3, 0.4) is 0 Å². The molecular formula is C15H16N4O2. The highest BCUT2D eigenvalue weighted by Gasteiger charge is 2.26. The van der Waals surface area contributed by atoms with E-state index in [1.807, 2.05) is 29.4 Å². The van der Waals surface area contributed by atoms with E-state index in [0.29, 0.717) is 11.7 Å². The monoisotopic (exact) mass is 284 g/mol. The Morgan fingerprint density at radius 2 is 1.86 bits per heavy atom. The number of anilines is 1. The fourth-order valence-electron chi connectivity index (χ4n) is 2.83. The molecule has 21 heavy (non-hydrogen) atoms. The van der Waals surface area contributed by atoms with Crippen molar-refractivity contribution in [2.75, 3.05) is 18.0 Å². The molecule has 2 aromatic heterocycles. The molecule has 1 saturated heterocycles. The zero-order chi connectivity index (χ0) is 14.7. The van der Waals surface area contributed by atoms with E-state index >= 15 is 0 Å². The second-order valence-corrected chi connectivity index (χ2v) is 5.15. The van der Waals surface area contributed by atoms with E-state index < -0.39 is 0 Å². The van der Waals surface area contributed by atoms with E-state index in [0.717, 1.165) is 25.9 Å². The zero-order valence-electron chi connectivity index (χ0n) is 11.6. The number of rotatable bonds is 3. The molecule has 0 bridgehead atoms. The lowest BCUT2D eigenvalue weighted by atomic mass is 9.90. The van der Waals surface area contributed by atoms with Gasteiger partial charge in [-0.15, -0.1) is 0 Å². The lowest BCUT2D eigenvalue weighted by Crippen LogP contribution is -2.33. The average molecular weight is 284 g/mol. The van der Waals surface area contributed by atoms with Gasteiger partial charge in [0.2, 0.25) is 5.82 Å². The van der Waals surface area contributed by atoms with Crippen molar-refractivity contribution in [2.24, 2.45) is 0 Å². The van der Waals surface area contributed by atoms with E-state index in [1.54, 1.807) is 12.3 Å². The van der Waals surface area contributed by atoms with E-state index in [2.05, 4.69) is 9.97 Å². The maximum Gasteiger partial charge on any atom is 0.311 e. The van der Waals surface area contributed by atoms with Crippen LogP contribution in [0.1, 0.15) is 24.3 Å². The number of nitrogens with zero attached hydrogens (tertiary/aromatic N) is 4. The molecule has 108 valence electrons. The molecule has 0 atom stereocenters. The zero-order valence-corrected chi connectivity index (χ0v) is 11.6. The van der Waals surface area contributed by atoms with Gasteiger partial charge in [-0.1, -0.05) is 0 Å². The van der Waals surface area contributed by atoms with Crippen LogP contribution in [0, 0.1) is 10.1 Å². The molecule has 0 unspecified atom stereocenters. The number of hydrogen-bond donors (Lipinski definition) is 0. The second kappa shape index (κ2) is 5.87. The molecule has 3 heterocycles. The molecule has 2 aromatic rings. The molecule has 0 spiro atoms. The fraction of sp³-hybridized carbons (Fsp3) is 0.333. The predicted octanol–water partition coefficient (Wildman–Crippen LogP) is 2.77. The maximum atomic E-state index is 11.1. The van der Waals surface area contributed by atoms with Crippen molar-refractivity contribution in [1.29, 1.82) is 0 Å². The largest absolute Gasteiger partial charge is 0.351 e. The molecule has 0 aromatic carbocycles. The first-order chi connectivity index (χ1) is 10.3. The molecule has 0 aliphatic carbocycles. The molecule has 3 rings (SSSR count). The second-order valence-electron chi connectivity index (χ2n) is 5.15. The SMILES string of the molecule is O=[N+]([O-])c1cccnc1N1CCC(c2ccncc2)CC1. The Bertz CT molecular complexity index is 625. The molecular weight excluding hydrogens is 268 g/mol. The molecule has 0 amide bonds. The quantitative estimate of drug-likeness (QED) is 0.640. The lowest BCUT2D eigenvalue weighted by molar-refractivity contribution is -0.384. The van der Waals surface area contributed by atoms with Gasteiger partial charge >= 0.3 is 5.69 Å². The maximum absolute atomic E-state index is 11.1. The van der Waals surface area contributed by atoms with E-state index in [1.165, 1.54) is 11.6 Å². The van der Waals surface area contributed by atoms with Crippen molar-refractivity contribution < 1.29 is 4.92 Å². The summed E-state index contributed by atoms with van der Waals surface area (Å²) < 4.78 is 0. The molecule has 1 aliphatic heterocycles. The Kier molecular flexibility index (Phi) is 3.77. The molecule has 6 nitrogen and oxygen atoms in total. The number of aromatic nitrogens is 2. The molecule has 1 fully saturated rings. The average Bonchev–Trinajstić information content (AvgIpc) is 2.56. The molecule has 0 radical (unpaired) electrons. The van der Waals surface area contributed by atoms with Gasteiger partial charge in [0.1, 0.15) is 0 Å². The van der Waals surface area contributed by atoms with Crippen LogP contribution in [0.4, 0.5) is 11.5 Å². The Morgan fingerprint density at radius 3 is 2.52 bits per heavy atom. The van der Waals surface area contributed by atoms with Gasteiger partial charge in [-0.2, -0.15) is 0 Å². The smallest absolute Gasteiger partial charge is 0.311 e. The van der Waals surface area contributed by atoms with Crippen LogP contribution < -0.4 is 4.90 Å². The summed E-state index contributed by atoms with van der Waals surface area (Å²) in [7, 11) is 0. The van der Waals surface area contributed by atoms with Crippen molar-refractivity contribution in [3.05, 3.63) is 58.5 Å². The van der Waals surface area contributed by atoms with Crippen LogP contribution in [0.2, 0.25) is 0 Å². The minimum absolute atomic E-state index is 0.0832. The topological polar surface area (TPSA) is 72.2 Å². The summed E-state index contributed by atoms with van der Waals surface area (Å²) in [5.74, 6) is 0.975. The fourth-order valence-corrected chi connectivity index (χ4v) is 2.83. The highest BCUT2D eigenvalue weighted by Crippen LogP contribution is 2.32. The molecule has 1 aliphatic rings. The Labute approximate surface area is 122 Å². The van der Waals surface area contributed by atoms with E-state index in [9.17, 15) is 10.1 Å². The van der Waals surface area contributed by atoms with Crippen molar-refractivity contribution in [3.8, 4) is 0 Å². The first-order valence-electron chi connectivity index (χ1n) is 7.00. The summed E-state index contributed by atoms with van der Waals surface area (Å²) in [4.78, 5) is 21.0. The standard InChI is InChI=1S/C15H16N4O2/c20-19(21)14-2-1-7-17-15(14)18-10-5-13(6-11-18)12-3-8-16-9-4-12/h1-4,7-9,13H,5-6,10-11H2. The third kappa shape index (κ3) is 2.84. The van der Waals surface area contributed by atoms with Gasteiger partial charge < -0.3 is 4.90 Å². The van der Waals surface area contributed by atoms with Crippen LogP contribution in [-0.4, -0.2) is 28.0 Å². The first-order valence-corrected chi connectivity index (χ1v) is 7.00. The van der Waals surface area contributed by atoms with Crippen LogP contribution in [0.5, 0.6) is 0 Å². The van der Waals surface area contributed by atoms with Gasteiger partial charge in [-0.05, 0) is 42.5 Å². The van der Waals surface area contributed by atoms with Crippen molar-refractivity contribution in [1.82, 2.24) is 9.97 Å². The van der Waals surface area contributed by atoms with Crippen molar-refractivity contribution in [3.63, 3.8) is 0 Å². The normalized spacial score (nSPS) is 15.9. The number of hydrogen-bond acceptors (Lipinski definition) is 5. The summed E-state index contributed by atoms with van der Waals surface area (Å²) in [6, 6.07) is 7.20. The summed E-state index contributed by atoms with van der Waals surface area (Å²) in [5, 5.41) is 11.1. The van der Waals surface area contributed by atoms with Gasteiger partial charge in [0.15, 0.2) is 0 Å². The van der Waals surface area contributed by atoms with Gasteiger partial charge in [0, 0.05) is 37.7 Å². The highest BCUT2D eigenvalue weighted by molar-refractivity contribution is 5.57. The number of piperidine rings is 1. The van der Waals surface area contributed by atoms with Crippen LogP contribution in [0.25, 0.3) is 0 Å². The van der Waals surface area contributed by atoms with Gasteiger partial charge in [-0.3, -0.25) is 15.1 Å². The highest BCUT2D eigenvalue weighted by atomic mass is 16.6. The van der Waals surface area contributed by atoms with Crippen molar-refractivity contribution >= 4 is 11.5 Å². The van der Waals surface area contributed by atoms with Crippen LogP contribution >= 0.6 is 0 Å². The minimum Gasteiger partial charge on any atom is -0.351 e. The third-order valence-corrected chi connectivity index (χ3v) is 3.93. The Hall–Kier alpha value is -2.50. The number of nitro groups is 1.